The van der Waals surface area contributed by atoms with Crippen molar-refractivity contribution in [3.05, 3.63) is 99.6 Å². The number of aliphatic hydroxyl groups is 1. The highest BCUT2D eigenvalue weighted by atomic mass is 35.5. The number of β-amino-alcohol motifs (C(OH)–C–C–N with tert-alkyl or cyclic N) is 1. The molecule has 1 saturated heterocycles. The van der Waals surface area contributed by atoms with Crippen LogP contribution in [0.3, 0.4) is 0 Å². The number of ether oxygens (including phenoxy) is 2. The molecule has 68 heavy (non-hydrogen) atoms. The fourth-order valence-electron chi connectivity index (χ4n) is 9.56. The molecule has 1 aliphatic heterocycles. The third-order valence-corrected chi connectivity index (χ3v) is 14.2. The molecule has 1 unspecified atom stereocenters. The van der Waals surface area contributed by atoms with E-state index < -0.39 is 35.4 Å². The van der Waals surface area contributed by atoms with Gasteiger partial charge in [0.25, 0.3) is 5.91 Å². The van der Waals surface area contributed by atoms with E-state index in [2.05, 4.69) is 73.9 Å². The van der Waals surface area contributed by atoms with Gasteiger partial charge in [0.15, 0.2) is 0 Å². The fourth-order valence-corrected chi connectivity index (χ4v) is 10.7. The van der Waals surface area contributed by atoms with Gasteiger partial charge in [-0.1, -0.05) is 98.2 Å². The van der Waals surface area contributed by atoms with Gasteiger partial charge in [0, 0.05) is 66.9 Å². The Morgan fingerprint density at radius 2 is 1.69 bits per heavy atom. The number of anilines is 1. The SMILES string of the molecule is CC(C)c1ncsc1-c1ccc(CNC(=O)[C@@H]2C[C@@H](O)CN2C(=O)C(NC(=O)COCCCCNc2ccc(C(=O)N[C@H]3C(C)(C)[C@H](Oc4ccc(C#N)c(Cl)c4)C3(C)C)cc2)C(C)(C)C)cc1. The molecular formula is C52H66ClN7O7S. The van der Waals surface area contributed by atoms with Crippen LogP contribution in [0.1, 0.15) is 115 Å². The smallest absolute Gasteiger partial charge is 0.251 e. The van der Waals surface area contributed by atoms with Crippen LogP contribution in [0.5, 0.6) is 5.75 Å². The molecule has 2 aliphatic rings. The summed E-state index contributed by atoms with van der Waals surface area (Å²) in [6.07, 6.45) is 0.450. The van der Waals surface area contributed by atoms with Crippen molar-refractivity contribution >= 4 is 52.3 Å². The molecule has 0 spiro atoms. The molecule has 4 aromatic rings. The second-order valence-corrected chi connectivity index (χ2v) is 21.7. The van der Waals surface area contributed by atoms with Crippen LogP contribution in [-0.2, 0) is 25.7 Å². The van der Waals surface area contributed by atoms with E-state index in [-0.39, 0.29) is 60.9 Å². The van der Waals surface area contributed by atoms with Gasteiger partial charge in [-0.15, -0.1) is 11.3 Å². The summed E-state index contributed by atoms with van der Waals surface area (Å²) in [5.41, 5.74) is 5.19. The van der Waals surface area contributed by atoms with Crippen LogP contribution >= 0.6 is 22.9 Å². The van der Waals surface area contributed by atoms with E-state index in [1.54, 1.807) is 41.7 Å². The number of hydrogen-bond donors (Lipinski definition) is 5. The molecule has 14 nitrogen and oxygen atoms in total. The summed E-state index contributed by atoms with van der Waals surface area (Å²) >= 11 is 7.84. The number of hydrogen-bond acceptors (Lipinski definition) is 11. The van der Waals surface area contributed by atoms with Crippen LogP contribution in [0.2, 0.25) is 5.02 Å². The average molecular weight is 969 g/mol. The highest BCUT2D eigenvalue weighted by Crippen LogP contribution is 2.55. The molecule has 3 atom stereocenters. The number of aliphatic hydroxyl groups excluding tert-OH is 1. The Labute approximate surface area is 409 Å². The standard InChI is InChI=1S/C52H66ClN7O7S/c1-31(2)42-43(68-30-57-42)33-14-12-32(13-15-33)27-56-46(64)40-24-37(61)28-60(40)47(65)44(50(3,4)5)58-41(62)29-66-23-11-10-22-55-36-19-16-34(17-20-36)45(63)59-48-51(6,7)49(52(48,8)9)67-38-21-18-35(26-54)39(53)25-38/h12-21,25,30-31,37,40,44,48-49,55,61H,10-11,22-24,27-29H2,1-9H3,(H,56,64)(H,58,62)(H,59,63)/t37-,40+,44?,48-,49-/m1/s1. The van der Waals surface area contributed by atoms with Crippen molar-refractivity contribution in [2.45, 2.75) is 124 Å². The van der Waals surface area contributed by atoms with Crippen molar-refractivity contribution in [3.63, 3.8) is 0 Å². The number of amides is 4. The maximum absolute atomic E-state index is 14.0. The van der Waals surface area contributed by atoms with Crippen LogP contribution in [-0.4, -0.2) is 95.3 Å². The number of halogens is 1. The Balaban J connectivity index is 0.899. The van der Waals surface area contributed by atoms with Gasteiger partial charge in [-0.25, -0.2) is 4.98 Å². The minimum Gasteiger partial charge on any atom is -0.489 e. The number of nitrogens with zero attached hydrogens (tertiary/aromatic N) is 3. The summed E-state index contributed by atoms with van der Waals surface area (Å²) in [6, 6.07) is 20.3. The van der Waals surface area contributed by atoms with Crippen molar-refractivity contribution in [1.29, 1.82) is 5.26 Å². The Hall–Kier alpha value is -5.53. The molecule has 6 rings (SSSR count). The maximum atomic E-state index is 14.0. The van der Waals surface area contributed by atoms with Gasteiger partial charge in [-0.2, -0.15) is 5.26 Å². The van der Waals surface area contributed by atoms with Crippen molar-refractivity contribution in [2.24, 2.45) is 16.2 Å². The maximum Gasteiger partial charge on any atom is 0.251 e. The van der Waals surface area contributed by atoms with E-state index in [9.17, 15) is 29.5 Å². The molecule has 1 saturated carbocycles. The van der Waals surface area contributed by atoms with E-state index >= 15 is 0 Å². The van der Waals surface area contributed by atoms with Crippen LogP contribution in [0, 0.1) is 27.6 Å². The Morgan fingerprint density at radius 3 is 2.32 bits per heavy atom. The predicted molar refractivity (Wildman–Crippen MR) is 265 cm³/mol. The largest absolute Gasteiger partial charge is 0.489 e. The number of benzene rings is 3. The van der Waals surface area contributed by atoms with Gasteiger partial charge >= 0.3 is 0 Å². The molecule has 0 radical (unpaired) electrons. The normalized spacial score (nSPS) is 19.9. The minimum atomic E-state index is -0.957. The van der Waals surface area contributed by atoms with Gasteiger partial charge in [0.05, 0.1) is 32.8 Å². The highest BCUT2D eigenvalue weighted by molar-refractivity contribution is 7.13. The zero-order valence-electron chi connectivity index (χ0n) is 40.6. The molecule has 4 amide bonds. The lowest BCUT2D eigenvalue weighted by Gasteiger charge is -2.63. The lowest BCUT2D eigenvalue weighted by atomic mass is 9.49. The van der Waals surface area contributed by atoms with Crippen LogP contribution in [0.25, 0.3) is 10.4 Å². The lowest BCUT2D eigenvalue weighted by molar-refractivity contribution is -0.164. The van der Waals surface area contributed by atoms with E-state index in [4.69, 9.17) is 21.1 Å². The molecule has 1 aliphatic carbocycles. The zero-order chi connectivity index (χ0) is 49.6. The molecule has 364 valence electrons. The Bertz CT molecular complexity index is 2440. The quantitative estimate of drug-likeness (QED) is 0.0574. The van der Waals surface area contributed by atoms with Crippen LogP contribution < -0.4 is 26.0 Å². The highest BCUT2D eigenvalue weighted by Gasteiger charge is 2.64. The van der Waals surface area contributed by atoms with E-state index in [0.29, 0.717) is 47.4 Å². The number of rotatable bonds is 19. The summed E-state index contributed by atoms with van der Waals surface area (Å²) in [5, 5.41) is 32.5. The number of aromatic nitrogens is 1. The van der Waals surface area contributed by atoms with Crippen molar-refractivity contribution in [1.82, 2.24) is 25.8 Å². The Morgan fingerprint density at radius 1 is 1.00 bits per heavy atom. The van der Waals surface area contributed by atoms with Gasteiger partial charge in [-0.3, -0.25) is 19.2 Å². The summed E-state index contributed by atoms with van der Waals surface area (Å²) in [7, 11) is 0. The van der Waals surface area contributed by atoms with Crippen LogP contribution in [0.4, 0.5) is 5.69 Å². The molecule has 5 N–H and O–H groups in total. The van der Waals surface area contributed by atoms with E-state index in [0.717, 1.165) is 33.8 Å². The molecule has 0 bridgehead atoms. The second-order valence-electron chi connectivity index (χ2n) is 20.5. The molecule has 3 aromatic carbocycles. The predicted octanol–water partition coefficient (Wildman–Crippen LogP) is 8.09. The summed E-state index contributed by atoms with van der Waals surface area (Å²) < 4.78 is 12.0. The van der Waals surface area contributed by atoms with Crippen molar-refractivity contribution in [2.75, 3.05) is 31.6 Å². The first kappa shape index (κ1) is 51.9. The summed E-state index contributed by atoms with van der Waals surface area (Å²) in [6.45, 7) is 19.0. The third kappa shape index (κ3) is 12.2. The zero-order valence-corrected chi connectivity index (χ0v) is 42.1. The average Bonchev–Trinajstić information content (AvgIpc) is 3.95. The number of thiazole rings is 1. The molecule has 16 heteroatoms. The minimum absolute atomic E-state index is 0.0143. The third-order valence-electron chi connectivity index (χ3n) is 13.0. The first-order chi connectivity index (χ1) is 32.1. The fraction of sp³-hybridized carbons (Fsp3) is 0.500. The number of nitrogens with one attached hydrogen (secondary N) is 4. The van der Waals surface area contributed by atoms with Gasteiger partial charge in [0.2, 0.25) is 17.7 Å². The number of unbranched alkanes of at least 4 members (excludes halogenated alkanes) is 1. The Kier molecular flexibility index (Phi) is 16.6. The molecule has 2 fully saturated rings. The molecule has 2 heterocycles. The number of carbonyl (C=O) groups is 4. The monoisotopic (exact) mass is 967 g/mol. The summed E-state index contributed by atoms with van der Waals surface area (Å²) in [4.78, 5) is 61.0. The van der Waals surface area contributed by atoms with E-state index in [1.165, 1.54) is 4.90 Å². The van der Waals surface area contributed by atoms with E-state index in [1.807, 2.05) is 62.7 Å². The molecular weight excluding hydrogens is 902 g/mol. The van der Waals surface area contributed by atoms with Crippen molar-refractivity contribution in [3.8, 4) is 22.3 Å². The second kappa shape index (κ2) is 21.8. The lowest BCUT2D eigenvalue weighted by Crippen LogP contribution is -2.74. The topological polar surface area (TPSA) is 195 Å². The van der Waals surface area contributed by atoms with Gasteiger partial charge in [0.1, 0.15) is 36.6 Å². The van der Waals surface area contributed by atoms with Crippen molar-refractivity contribution < 1.29 is 33.8 Å². The molecule has 1 aromatic heterocycles. The number of carbonyl (C=O) groups excluding carboxylic acids is 4. The number of likely N-dealkylation sites (tertiary alicyclic amines) is 1. The van der Waals surface area contributed by atoms with Crippen LogP contribution in [0.15, 0.2) is 72.2 Å². The summed E-state index contributed by atoms with van der Waals surface area (Å²) in [5.74, 6) is -0.549. The number of nitriles is 1. The van der Waals surface area contributed by atoms with Gasteiger partial charge in [-0.05, 0) is 71.7 Å². The first-order valence-corrected chi connectivity index (χ1v) is 24.5. The van der Waals surface area contributed by atoms with Gasteiger partial charge < -0.3 is 40.7 Å². The first-order valence-electron chi connectivity index (χ1n) is 23.3.